The maximum atomic E-state index is 9.80. The third-order valence-electron chi connectivity index (χ3n) is 0.275. The molecule has 0 rings (SSSR count). The molecule has 0 atom stereocenters. The first-order valence-corrected chi connectivity index (χ1v) is 1.55. The molecule has 0 bridgehead atoms. The Balaban J connectivity index is 2.83. The number of hydrogen-bond acceptors (Lipinski definition) is 2. The Hall–Kier alpha value is -0.370. The summed E-state index contributed by atoms with van der Waals surface area (Å²) in [6, 6.07) is 0. The lowest BCUT2D eigenvalue weighted by Gasteiger charge is -1.83. The first kappa shape index (κ1) is 5.63. The molecule has 0 fully saturated rings. The molecule has 0 saturated heterocycles. The molecule has 0 aliphatic heterocycles. The van der Waals surface area contributed by atoms with Crippen LogP contribution < -0.4 is 0 Å². The molecule has 6 heavy (non-hydrogen) atoms. The van der Waals surface area contributed by atoms with Crippen molar-refractivity contribution in [2.45, 2.75) is 6.92 Å². The monoisotopic (exact) mass is 85.0 g/mol. The van der Waals surface area contributed by atoms with Crippen LogP contribution in [0.4, 0.5) is 0 Å². The summed E-state index contributed by atoms with van der Waals surface area (Å²) in [6.45, 7) is 1.27. The van der Waals surface area contributed by atoms with Crippen LogP contribution in [-0.4, -0.2) is 12.4 Å². The predicted molar refractivity (Wildman–Crippen MR) is 19.9 cm³/mol. The molecule has 33 valence electrons. The minimum atomic E-state index is -0.120. The van der Waals surface area contributed by atoms with Gasteiger partial charge in [0.25, 0.3) is 0 Å². The molecule has 3 radical (unpaired) electrons. The lowest BCUT2D eigenvalue weighted by atomic mass is 10.5. The van der Waals surface area contributed by atoms with E-state index in [-0.39, 0.29) is 12.4 Å². The van der Waals surface area contributed by atoms with E-state index in [0.717, 1.165) is 0 Å². The van der Waals surface area contributed by atoms with Crippen molar-refractivity contribution in [3.8, 4) is 0 Å². The Morgan fingerprint density at radius 3 is 2.50 bits per heavy atom. The summed E-state index contributed by atoms with van der Waals surface area (Å²) in [5.41, 5.74) is 0. The second kappa shape index (κ2) is 2.85. The summed E-state index contributed by atoms with van der Waals surface area (Å²) in [4.78, 5) is 9.80. The van der Waals surface area contributed by atoms with Crippen LogP contribution in [0.25, 0.3) is 0 Å². The average Bonchev–Trinajstić information content (AvgIpc) is 1.35. The lowest BCUT2D eigenvalue weighted by molar-refractivity contribution is -0.119. The van der Waals surface area contributed by atoms with Gasteiger partial charge in [0.05, 0.1) is 0 Å². The van der Waals surface area contributed by atoms with Gasteiger partial charge in [-0.2, -0.15) is 0 Å². The predicted octanol–water partition coefficient (Wildman–Crippen LogP) is 0.138. The van der Waals surface area contributed by atoms with Crippen LogP contribution in [0, 0.1) is 7.11 Å². The molecule has 0 aromatic heterocycles. The van der Waals surface area contributed by atoms with Crippen LogP contribution in [0.15, 0.2) is 0 Å². The topological polar surface area (TPSA) is 26.3 Å². The van der Waals surface area contributed by atoms with E-state index in [1.54, 1.807) is 0 Å². The fourth-order valence-electron chi connectivity index (χ4n) is 0.102. The number of carbonyl (C=O) groups excluding carboxylic acids is 1. The lowest BCUT2D eigenvalue weighted by Crippen LogP contribution is -1.97. The maximum absolute atomic E-state index is 9.80. The molecule has 0 aliphatic rings. The molecule has 0 aromatic carbocycles. The number of Topliss-reactive ketones (excluding diaryl/α,β-unsaturated/α-hetero) is 1. The van der Waals surface area contributed by atoms with Crippen molar-refractivity contribution >= 4 is 5.78 Å². The van der Waals surface area contributed by atoms with Crippen molar-refractivity contribution < 1.29 is 9.53 Å². The highest BCUT2D eigenvalue weighted by atomic mass is 16.5. The quantitative estimate of drug-likeness (QED) is 0.476. The molecule has 2 heteroatoms. The van der Waals surface area contributed by atoms with Gasteiger partial charge in [-0.05, 0) is 6.92 Å². The Morgan fingerprint density at radius 2 is 2.50 bits per heavy atom. The zero-order chi connectivity index (χ0) is 4.99. The van der Waals surface area contributed by atoms with E-state index in [0.29, 0.717) is 0 Å². The largest absolute Gasteiger partial charge is 0.357 e. The minimum absolute atomic E-state index is 0.0972. The molecule has 0 spiro atoms. The van der Waals surface area contributed by atoms with Crippen molar-refractivity contribution in [2.24, 2.45) is 0 Å². The van der Waals surface area contributed by atoms with Gasteiger partial charge in [0.15, 0.2) is 12.9 Å². The summed E-state index contributed by atoms with van der Waals surface area (Å²) in [7, 11) is 6.01. The van der Waals surface area contributed by atoms with Crippen LogP contribution in [0.3, 0.4) is 0 Å². The van der Waals surface area contributed by atoms with Gasteiger partial charge in [0.1, 0.15) is 6.61 Å². The van der Waals surface area contributed by atoms with Gasteiger partial charge in [-0.15, -0.1) is 0 Å². The van der Waals surface area contributed by atoms with E-state index in [1.165, 1.54) is 6.92 Å². The highest BCUT2D eigenvalue weighted by Gasteiger charge is 1.84. The smallest absolute Gasteiger partial charge is 0.174 e. The Bertz CT molecular complexity index is 49.5. The van der Waals surface area contributed by atoms with Crippen molar-refractivity contribution in [1.82, 2.24) is 0 Å². The van der Waals surface area contributed by atoms with Gasteiger partial charge in [-0.25, -0.2) is 0 Å². The zero-order valence-corrected chi connectivity index (χ0v) is 3.52. The molecule has 0 heterocycles. The molecule has 0 N–H and O–H groups in total. The summed E-state index contributed by atoms with van der Waals surface area (Å²) in [5, 5.41) is 0. The Morgan fingerprint density at radius 1 is 2.00 bits per heavy atom. The van der Waals surface area contributed by atoms with Gasteiger partial charge in [-0.1, -0.05) is 0 Å². The van der Waals surface area contributed by atoms with Crippen molar-refractivity contribution in [1.29, 1.82) is 0 Å². The van der Waals surface area contributed by atoms with Crippen LogP contribution in [0.1, 0.15) is 6.92 Å². The van der Waals surface area contributed by atoms with Gasteiger partial charge in [0, 0.05) is 0 Å². The molecule has 0 unspecified atom stereocenters. The van der Waals surface area contributed by atoms with Crippen LogP contribution in [0.5, 0.6) is 0 Å². The van der Waals surface area contributed by atoms with E-state index >= 15 is 0 Å². The zero-order valence-electron chi connectivity index (χ0n) is 3.52. The molecule has 0 amide bonds. The fraction of sp³-hybridized carbons (Fsp3) is 0.500. The molecule has 0 aromatic rings. The SMILES string of the molecule is [C]OCC(C)=O. The Kier molecular flexibility index (Phi) is 2.67. The number of ether oxygens (including phenoxy) is 1. The number of carbonyl (C=O) groups is 1. The molecular formula is C4H5O2. The van der Waals surface area contributed by atoms with E-state index in [1.807, 2.05) is 0 Å². The van der Waals surface area contributed by atoms with E-state index in [4.69, 9.17) is 7.11 Å². The second-order valence-electron chi connectivity index (χ2n) is 0.991. The highest BCUT2D eigenvalue weighted by molar-refractivity contribution is 5.76. The second-order valence-corrected chi connectivity index (χ2v) is 0.991. The standard InChI is InChI=1S/C4H5O2/c1-4(5)3-6-2/h3H2,1H3. The molecule has 0 aliphatic carbocycles. The van der Waals surface area contributed by atoms with E-state index < -0.39 is 0 Å². The molecule has 0 saturated carbocycles. The van der Waals surface area contributed by atoms with Crippen LogP contribution in [0.2, 0.25) is 0 Å². The van der Waals surface area contributed by atoms with Crippen LogP contribution >= 0.6 is 0 Å². The molecular weight excluding hydrogens is 80.0 g/mol. The first-order chi connectivity index (χ1) is 2.77. The first-order valence-electron chi connectivity index (χ1n) is 1.55. The van der Waals surface area contributed by atoms with Crippen LogP contribution in [-0.2, 0) is 9.53 Å². The summed E-state index contributed by atoms with van der Waals surface area (Å²) < 4.78 is 3.70. The number of ketones is 1. The average molecular weight is 85.1 g/mol. The van der Waals surface area contributed by atoms with Gasteiger partial charge >= 0.3 is 0 Å². The van der Waals surface area contributed by atoms with E-state index in [9.17, 15) is 4.79 Å². The summed E-state index contributed by atoms with van der Waals surface area (Å²) in [6.07, 6.45) is 0. The summed E-state index contributed by atoms with van der Waals surface area (Å²) in [5.74, 6) is -0.120. The van der Waals surface area contributed by atoms with Crippen molar-refractivity contribution in [3.05, 3.63) is 7.11 Å². The van der Waals surface area contributed by atoms with Gasteiger partial charge in [-0.3, -0.25) is 4.79 Å². The Labute approximate surface area is 37.1 Å². The fourth-order valence-corrected chi connectivity index (χ4v) is 0.102. The van der Waals surface area contributed by atoms with E-state index in [2.05, 4.69) is 4.74 Å². The third-order valence-corrected chi connectivity index (χ3v) is 0.275. The normalized spacial score (nSPS) is 8.33. The maximum Gasteiger partial charge on any atom is 0.174 e. The van der Waals surface area contributed by atoms with Crippen molar-refractivity contribution in [2.75, 3.05) is 6.61 Å². The van der Waals surface area contributed by atoms with Gasteiger partial charge < -0.3 is 4.74 Å². The number of hydrogen-bond donors (Lipinski definition) is 0. The van der Waals surface area contributed by atoms with Gasteiger partial charge in [0.2, 0.25) is 0 Å². The highest BCUT2D eigenvalue weighted by Crippen LogP contribution is 1.68. The minimum Gasteiger partial charge on any atom is -0.357 e. The summed E-state index contributed by atoms with van der Waals surface area (Å²) >= 11 is 0. The van der Waals surface area contributed by atoms with Crippen molar-refractivity contribution in [3.63, 3.8) is 0 Å². The number of rotatable bonds is 2. The molecule has 2 nitrogen and oxygen atoms in total. The third kappa shape index (κ3) is 3.63.